The number of ether oxygens (including phenoxy) is 1. The summed E-state index contributed by atoms with van der Waals surface area (Å²) in [6, 6.07) is 4.49. The first-order chi connectivity index (χ1) is 8.57. The van der Waals surface area contributed by atoms with Crippen LogP contribution in [0.2, 0.25) is 0 Å². The molecule has 1 aromatic rings. The van der Waals surface area contributed by atoms with E-state index in [4.69, 9.17) is 4.74 Å². The fraction of sp³-hybridized carbons (Fsp3) is 0.556. The van der Waals surface area contributed by atoms with Gasteiger partial charge in [-0.3, -0.25) is 0 Å². The topological polar surface area (TPSA) is 9.23 Å². The smallest absolute Gasteiger partial charge is 0.133 e. The molecule has 0 N–H and O–H groups in total. The summed E-state index contributed by atoms with van der Waals surface area (Å²) in [6.07, 6.45) is 3.70. The van der Waals surface area contributed by atoms with E-state index >= 15 is 0 Å². The SMILES string of the molecule is CC=COc1c(C(C)(C)C)cc(C)cc1C(C)(C)C. The zero-order chi connectivity index (χ0) is 14.8. The van der Waals surface area contributed by atoms with E-state index in [1.54, 1.807) is 6.26 Å². The maximum absolute atomic E-state index is 5.94. The lowest BCUT2D eigenvalue weighted by molar-refractivity contribution is 0.430. The van der Waals surface area contributed by atoms with Crippen molar-refractivity contribution in [1.82, 2.24) is 0 Å². The van der Waals surface area contributed by atoms with Crippen molar-refractivity contribution in [2.45, 2.75) is 66.2 Å². The van der Waals surface area contributed by atoms with E-state index in [2.05, 4.69) is 60.6 Å². The third kappa shape index (κ3) is 3.86. The van der Waals surface area contributed by atoms with E-state index in [1.807, 2.05) is 13.0 Å². The summed E-state index contributed by atoms with van der Waals surface area (Å²) in [6.45, 7) is 17.5. The van der Waals surface area contributed by atoms with Gasteiger partial charge in [0.15, 0.2) is 0 Å². The fourth-order valence-electron chi connectivity index (χ4n) is 2.15. The molecule has 0 radical (unpaired) electrons. The Hall–Kier alpha value is -1.24. The van der Waals surface area contributed by atoms with Crippen LogP contribution in [0.1, 0.15) is 65.2 Å². The highest BCUT2D eigenvalue weighted by atomic mass is 16.5. The van der Waals surface area contributed by atoms with Gasteiger partial charge in [0, 0.05) is 11.1 Å². The molecular weight excluding hydrogens is 232 g/mol. The molecule has 0 saturated carbocycles. The summed E-state index contributed by atoms with van der Waals surface area (Å²) in [4.78, 5) is 0. The molecule has 0 spiro atoms. The van der Waals surface area contributed by atoms with E-state index in [9.17, 15) is 0 Å². The van der Waals surface area contributed by atoms with Crippen molar-refractivity contribution in [3.8, 4) is 5.75 Å². The molecule has 0 saturated heterocycles. The minimum absolute atomic E-state index is 0.0724. The molecule has 1 nitrogen and oxygen atoms in total. The maximum atomic E-state index is 5.94. The van der Waals surface area contributed by atoms with Gasteiger partial charge in [-0.2, -0.15) is 0 Å². The van der Waals surface area contributed by atoms with Crippen LogP contribution in [0.25, 0.3) is 0 Å². The number of allylic oxidation sites excluding steroid dienone is 1. The normalized spacial score (nSPS) is 13.1. The van der Waals surface area contributed by atoms with Crippen LogP contribution in [0.3, 0.4) is 0 Å². The molecule has 0 aliphatic heterocycles. The Kier molecular flexibility index (Phi) is 4.50. The molecule has 0 bridgehead atoms. The van der Waals surface area contributed by atoms with Gasteiger partial charge >= 0.3 is 0 Å². The first-order valence-electron chi connectivity index (χ1n) is 7.01. The molecular formula is C18H28O. The zero-order valence-corrected chi connectivity index (χ0v) is 13.7. The Morgan fingerprint density at radius 2 is 1.32 bits per heavy atom. The number of benzene rings is 1. The van der Waals surface area contributed by atoms with Gasteiger partial charge in [0.05, 0.1) is 6.26 Å². The molecule has 19 heavy (non-hydrogen) atoms. The molecule has 0 aliphatic carbocycles. The van der Waals surface area contributed by atoms with Crippen molar-refractivity contribution in [2.24, 2.45) is 0 Å². The molecule has 1 aromatic carbocycles. The summed E-state index contributed by atoms with van der Waals surface area (Å²) < 4.78 is 5.94. The second-order valence-electron chi connectivity index (χ2n) is 7.28. The lowest BCUT2D eigenvalue weighted by Gasteiger charge is -2.29. The van der Waals surface area contributed by atoms with E-state index in [0.29, 0.717) is 0 Å². The molecule has 1 rings (SSSR count). The van der Waals surface area contributed by atoms with E-state index < -0.39 is 0 Å². The Balaban J connectivity index is 3.58. The standard InChI is InChI=1S/C18H28O/c1-9-10-19-16-14(17(3,4)5)11-13(2)12-15(16)18(6,7)8/h9-12H,1-8H3. The average molecular weight is 260 g/mol. The summed E-state index contributed by atoms with van der Waals surface area (Å²) in [5, 5.41) is 0. The van der Waals surface area contributed by atoms with Crippen LogP contribution in [0, 0.1) is 6.92 Å². The van der Waals surface area contributed by atoms with Gasteiger partial charge in [-0.15, -0.1) is 0 Å². The third-order valence-electron chi connectivity index (χ3n) is 3.17. The Bertz CT molecular complexity index is 432. The first kappa shape index (κ1) is 15.8. The highest BCUT2D eigenvalue weighted by Crippen LogP contribution is 2.40. The molecule has 0 heterocycles. The molecule has 106 valence electrons. The predicted molar refractivity (Wildman–Crippen MR) is 84.0 cm³/mol. The number of hydrogen-bond donors (Lipinski definition) is 0. The van der Waals surface area contributed by atoms with Gasteiger partial charge < -0.3 is 4.74 Å². The lowest BCUT2D eigenvalue weighted by Crippen LogP contribution is -2.19. The summed E-state index contributed by atoms with van der Waals surface area (Å²) in [5.41, 5.74) is 3.99. The molecule has 0 aromatic heterocycles. The number of aryl methyl sites for hydroxylation is 1. The quantitative estimate of drug-likeness (QED) is 0.638. The van der Waals surface area contributed by atoms with Crippen molar-refractivity contribution < 1.29 is 4.74 Å². The Morgan fingerprint density at radius 3 is 1.63 bits per heavy atom. The Labute approximate surface area is 118 Å². The van der Waals surface area contributed by atoms with Crippen molar-refractivity contribution in [2.75, 3.05) is 0 Å². The van der Waals surface area contributed by atoms with E-state index in [1.165, 1.54) is 16.7 Å². The molecule has 1 heteroatoms. The van der Waals surface area contributed by atoms with Crippen molar-refractivity contribution in [3.63, 3.8) is 0 Å². The summed E-state index contributed by atoms with van der Waals surface area (Å²) in [7, 11) is 0. The van der Waals surface area contributed by atoms with Crippen LogP contribution < -0.4 is 4.74 Å². The van der Waals surface area contributed by atoms with Crippen LogP contribution in [0.5, 0.6) is 5.75 Å². The zero-order valence-electron chi connectivity index (χ0n) is 13.7. The molecule has 0 unspecified atom stereocenters. The summed E-state index contributed by atoms with van der Waals surface area (Å²) >= 11 is 0. The third-order valence-corrected chi connectivity index (χ3v) is 3.17. The minimum Gasteiger partial charge on any atom is -0.465 e. The molecule has 0 fully saturated rings. The van der Waals surface area contributed by atoms with Crippen molar-refractivity contribution in [3.05, 3.63) is 41.2 Å². The highest BCUT2D eigenvalue weighted by molar-refractivity contribution is 5.50. The van der Waals surface area contributed by atoms with E-state index in [0.717, 1.165) is 5.75 Å². The second kappa shape index (κ2) is 5.40. The maximum Gasteiger partial charge on any atom is 0.133 e. The number of hydrogen-bond acceptors (Lipinski definition) is 1. The van der Waals surface area contributed by atoms with Crippen molar-refractivity contribution >= 4 is 0 Å². The number of rotatable bonds is 2. The van der Waals surface area contributed by atoms with Gasteiger partial charge in [-0.25, -0.2) is 0 Å². The van der Waals surface area contributed by atoms with Gasteiger partial charge in [0.25, 0.3) is 0 Å². The van der Waals surface area contributed by atoms with Gasteiger partial charge in [0.2, 0.25) is 0 Å². The van der Waals surface area contributed by atoms with Crippen molar-refractivity contribution in [1.29, 1.82) is 0 Å². The van der Waals surface area contributed by atoms with E-state index in [-0.39, 0.29) is 10.8 Å². The van der Waals surface area contributed by atoms with Gasteiger partial charge in [0.1, 0.15) is 5.75 Å². The van der Waals surface area contributed by atoms with Gasteiger partial charge in [-0.1, -0.05) is 65.3 Å². The molecule has 0 amide bonds. The monoisotopic (exact) mass is 260 g/mol. The predicted octanol–water partition coefficient (Wildman–Crippen LogP) is 5.50. The summed E-state index contributed by atoms with van der Waals surface area (Å²) in [5.74, 6) is 1.02. The van der Waals surface area contributed by atoms with Crippen LogP contribution in [0.4, 0.5) is 0 Å². The average Bonchev–Trinajstić information content (AvgIpc) is 2.23. The largest absolute Gasteiger partial charge is 0.465 e. The van der Waals surface area contributed by atoms with Gasteiger partial charge in [-0.05, 0) is 24.7 Å². The Morgan fingerprint density at radius 1 is 0.895 bits per heavy atom. The van der Waals surface area contributed by atoms with Crippen LogP contribution in [-0.4, -0.2) is 0 Å². The van der Waals surface area contributed by atoms with Crippen LogP contribution >= 0.6 is 0 Å². The lowest BCUT2D eigenvalue weighted by atomic mass is 9.78. The highest BCUT2D eigenvalue weighted by Gasteiger charge is 2.27. The van der Waals surface area contributed by atoms with Crippen LogP contribution in [0.15, 0.2) is 24.5 Å². The molecule has 0 atom stereocenters. The molecule has 0 aliphatic rings. The second-order valence-corrected chi connectivity index (χ2v) is 7.28. The van der Waals surface area contributed by atoms with Crippen LogP contribution in [-0.2, 0) is 10.8 Å². The minimum atomic E-state index is 0.0724. The first-order valence-corrected chi connectivity index (χ1v) is 7.01. The fourth-order valence-corrected chi connectivity index (χ4v) is 2.15.